The molecule has 0 radical (unpaired) electrons. The molecule has 25 heavy (non-hydrogen) atoms. The lowest BCUT2D eigenvalue weighted by molar-refractivity contribution is -0.157. The zero-order valence-electron chi connectivity index (χ0n) is 13.0. The number of ether oxygens (including phenoxy) is 2. The third-order valence-electron chi connectivity index (χ3n) is 5.29. The maximum atomic E-state index is 12.5. The molecule has 1 aliphatic heterocycles. The smallest absolute Gasteiger partial charge is 0.310 e. The average Bonchev–Trinajstić information content (AvgIpc) is 3.19. The van der Waals surface area contributed by atoms with Gasteiger partial charge in [0.15, 0.2) is 6.61 Å². The number of carbonyl (C=O) groups excluding carboxylic acids is 3. The Hall–Kier alpha value is -1.60. The number of anilines is 1. The van der Waals surface area contributed by atoms with Crippen LogP contribution in [-0.2, 0) is 23.9 Å². The van der Waals surface area contributed by atoms with Gasteiger partial charge in [-0.3, -0.25) is 14.4 Å². The molecule has 6 nitrogen and oxygen atoms in total. The van der Waals surface area contributed by atoms with Crippen molar-refractivity contribution in [3.63, 3.8) is 0 Å². The second-order valence-corrected chi connectivity index (χ2v) is 8.06. The highest BCUT2D eigenvalue weighted by Gasteiger charge is 2.68. The summed E-state index contributed by atoms with van der Waals surface area (Å²) in [4.78, 5) is 36.5. The van der Waals surface area contributed by atoms with Gasteiger partial charge in [-0.1, -0.05) is 39.7 Å². The van der Waals surface area contributed by atoms with Crippen LogP contribution in [0.3, 0.4) is 0 Å². The Kier molecular flexibility index (Phi) is 4.24. The minimum atomic E-state index is -0.547. The number of para-hydroxylation sites is 1. The van der Waals surface area contributed by atoms with Crippen LogP contribution in [0.25, 0.3) is 0 Å². The number of carbonyl (C=O) groups is 3. The molecule has 1 saturated heterocycles. The van der Waals surface area contributed by atoms with Gasteiger partial charge in [-0.2, -0.15) is 0 Å². The topological polar surface area (TPSA) is 81.7 Å². The van der Waals surface area contributed by atoms with Crippen LogP contribution in [0, 0.1) is 23.7 Å². The molecule has 1 aromatic carbocycles. The van der Waals surface area contributed by atoms with Gasteiger partial charge in [-0.25, -0.2) is 0 Å². The van der Waals surface area contributed by atoms with Crippen molar-refractivity contribution in [1.82, 2.24) is 0 Å². The molecule has 1 amide bonds. The summed E-state index contributed by atoms with van der Waals surface area (Å²) < 4.78 is 10.5. The number of nitrogens with one attached hydrogen (secondary N) is 1. The van der Waals surface area contributed by atoms with Crippen molar-refractivity contribution in [3.05, 3.63) is 29.3 Å². The highest BCUT2D eigenvalue weighted by Crippen LogP contribution is 2.60. The number of amides is 1. The molecule has 0 spiro atoms. The average molecular weight is 429 g/mol. The SMILES string of the molecule is O=C(COC(=O)[C@@H]1[C@H]2C[C@H]3[C@H](OC(=O)[C@@H]31)[C@@H]2Br)Nc1ccccc1Cl. The van der Waals surface area contributed by atoms with Gasteiger partial charge in [-0.15, -0.1) is 0 Å². The summed E-state index contributed by atoms with van der Waals surface area (Å²) in [5, 5.41) is 2.99. The van der Waals surface area contributed by atoms with E-state index in [9.17, 15) is 14.4 Å². The zero-order chi connectivity index (χ0) is 17.7. The van der Waals surface area contributed by atoms with Gasteiger partial charge in [0.05, 0.1) is 27.4 Å². The lowest BCUT2D eigenvalue weighted by Crippen LogP contribution is -2.39. The summed E-state index contributed by atoms with van der Waals surface area (Å²) in [6, 6.07) is 6.79. The van der Waals surface area contributed by atoms with Crippen LogP contribution in [0.2, 0.25) is 5.02 Å². The van der Waals surface area contributed by atoms with Gasteiger partial charge < -0.3 is 14.8 Å². The minimum Gasteiger partial charge on any atom is -0.461 e. The molecule has 3 aliphatic rings. The van der Waals surface area contributed by atoms with Crippen molar-refractivity contribution < 1.29 is 23.9 Å². The molecule has 1 aromatic rings. The number of rotatable bonds is 4. The number of hydrogen-bond acceptors (Lipinski definition) is 5. The van der Waals surface area contributed by atoms with Gasteiger partial charge in [0.2, 0.25) is 0 Å². The predicted octanol–water partition coefficient (Wildman–Crippen LogP) is 2.39. The Bertz CT molecular complexity index is 756. The van der Waals surface area contributed by atoms with E-state index < -0.39 is 30.3 Å². The predicted molar refractivity (Wildman–Crippen MR) is 92.2 cm³/mol. The van der Waals surface area contributed by atoms with Gasteiger partial charge in [-0.05, 0) is 24.5 Å². The maximum absolute atomic E-state index is 12.5. The molecule has 1 N–H and O–H groups in total. The summed E-state index contributed by atoms with van der Waals surface area (Å²) >= 11 is 9.51. The first-order chi connectivity index (χ1) is 12.0. The Labute approximate surface area is 157 Å². The first kappa shape index (κ1) is 16.8. The standard InChI is InChI=1S/C17H15BrClNO5/c18-14-7-5-8-13(17(23)25-15(8)14)12(7)16(22)24-6-11(21)20-10-4-2-1-3-9(10)19/h1-4,7-8,12-15H,5-6H2,(H,20,21)/t7-,8-,12-,13+,14-,15+/m1/s1. The fourth-order valence-electron chi connectivity index (χ4n) is 4.28. The van der Waals surface area contributed by atoms with Crippen LogP contribution in [-0.4, -0.2) is 35.4 Å². The largest absolute Gasteiger partial charge is 0.461 e. The van der Waals surface area contributed by atoms with Crippen LogP contribution >= 0.6 is 27.5 Å². The van der Waals surface area contributed by atoms with E-state index in [0.717, 1.165) is 6.42 Å². The van der Waals surface area contributed by atoms with E-state index in [1.54, 1.807) is 24.3 Å². The molecule has 1 heterocycles. The minimum absolute atomic E-state index is 0.00517. The van der Waals surface area contributed by atoms with E-state index in [0.29, 0.717) is 10.7 Å². The van der Waals surface area contributed by atoms with E-state index >= 15 is 0 Å². The van der Waals surface area contributed by atoms with Crippen molar-refractivity contribution in [2.45, 2.75) is 17.4 Å². The van der Waals surface area contributed by atoms with Crippen molar-refractivity contribution >= 4 is 51.1 Å². The van der Waals surface area contributed by atoms with Crippen molar-refractivity contribution in [3.8, 4) is 0 Å². The number of fused-ring (bicyclic) bond motifs is 1. The third kappa shape index (κ3) is 2.73. The lowest BCUT2D eigenvalue weighted by Gasteiger charge is -2.26. The molecule has 2 aliphatic carbocycles. The fourth-order valence-corrected chi connectivity index (χ4v) is 5.50. The molecular weight excluding hydrogens is 414 g/mol. The van der Waals surface area contributed by atoms with Crippen LogP contribution in [0.5, 0.6) is 0 Å². The summed E-state index contributed by atoms with van der Waals surface area (Å²) in [5.41, 5.74) is 0.452. The molecule has 8 heteroatoms. The summed E-state index contributed by atoms with van der Waals surface area (Å²) in [5.74, 6) is -2.25. The number of hydrogen-bond donors (Lipinski definition) is 1. The second kappa shape index (κ2) is 6.29. The fraction of sp³-hybridized carbons (Fsp3) is 0.471. The van der Waals surface area contributed by atoms with Gasteiger partial charge in [0, 0.05) is 5.92 Å². The Balaban J connectivity index is 1.37. The monoisotopic (exact) mass is 427 g/mol. The normalized spacial score (nSPS) is 34.7. The number of benzene rings is 1. The Morgan fingerprint density at radius 1 is 1.32 bits per heavy atom. The zero-order valence-corrected chi connectivity index (χ0v) is 15.3. The summed E-state index contributed by atoms with van der Waals surface area (Å²) in [7, 11) is 0. The van der Waals surface area contributed by atoms with E-state index in [4.69, 9.17) is 21.1 Å². The van der Waals surface area contributed by atoms with Crippen molar-refractivity contribution in [1.29, 1.82) is 0 Å². The second-order valence-electron chi connectivity index (χ2n) is 6.60. The molecule has 6 atom stereocenters. The highest BCUT2D eigenvalue weighted by atomic mass is 79.9. The number of alkyl halides is 1. The van der Waals surface area contributed by atoms with Crippen LogP contribution in [0.4, 0.5) is 5.69 Å². The summed E-state index contributed by atoms with van der Waals surface area (Å²) in [6.07, 6.45) is 0.623. The molecule has 3 fully saturated rings. The number of esters is 2. The van der Waals surface area contributed by atoms with E-state index in [2.05, 4.69) is 21.2 Å². The third-order valence-corrected chi connectivity index (χ3v) is 6.82. The molecule has 132 valence electrons. The molecule has 0 unspecified atom stereocenters. The first-order valence-corrected chi connectivity index (χ1v) is 9.32. The van der Waals surface area contributed by atoms with Gasteiger partial charge in [0.25, 0.3) is 5.91 Å². The van der Waals surface area contributed by atoms with E-state index in [-0.39, 0.29) is 28.7 Å². The van der Waals surface area contributed by atoms with Crippen LogP contribution in [0.15, 0.2) is 24.3 Å². The highest BCUT2D eigenvalue weighted by molar-refractivity contribution is 9.09. The lowest BCUT2D eigenvalue weighted by atomic mass is 9.80. The molecule has 2 bridgehead atoms. The first-order valence-electron chi connectivity index (χ1n) is 8.03. The van der Waals surface area contributed by atoms with Gasteiger partial charge in [0.1, 0.15) is 6.10 Å². The van der Waals surface area contributed by atoms with Crippen molar-refractivity contribution in [2.24, 2.45) is 23.7 Å². The van der Waals surface area contributed by atoms with Crippen LogP contribution in [0.1, 0.15) is 6.42 Å². The van der Waals surface area contributed by atoms with E-state index in [1.165, 1.54) is 0 Å². The molecule has 0 aromatic heterocycles. The van der Waals surface area contributed by atoms with Gasteiger partial charge >= 0.3 is 11.9 Å². The Morgan fingerprint density at radius 3 is 2.84 bits per heavy atom. The molecule has 2 saturated carbocycles. The van der Waals surface area contributed by atoms with Crippen molar-refractivity contribution in [2.75, 3.05) is 11.9 Å². The summed E-state index contributed by atoms with van der Waals surface area (Å²) in [6.45, 7) is -0.421. The Morgan fingerprint density at radius 2 is 2.08 bits per heavy atom. The molecule has 4 rings (SSSR count). The maximum Gasteiger partial charge on any atom is 0.310 e. The van der Waals surface area contributed by atoms with Crippen LogP contribution < -0.4 is 5.32 Å². The molecular formula is C17H15BrClNO5. The quantitative estimate of drug-likeness (QED) is 0.588. The number of halogens is 2. The van der Waals surface area contributed by atoms with E-state index in [1.807, 2.05) is 0 Å².